The number of aromatic nitrogens is 2. The van der Waals surface area contributed by atoms with Gasteiger partial charge in [-0.25, -0.2) is 4.79 Å². The Morgan fingerprint density at radius 1 is 0.952 bits per heavy atom. The number of carbonyl (C=O) groups is 2. The second-order valence-electron chi connectivity index (χ2n) is 9.99. The summed E-state index contributed by atoms with van der Waals surface area (Å²) in [5.74, 6) is -0.481. The average molecular weight is 576 g/mol. The molecule has 8 nitrogen and oxygen atoms in total. The van der Waals surface area contributed by atoms with E-state index in [1.807, 2.05) is 91.1 Å². The van der Waals surface area contributed by atoms with E-state index in [2.05, 4.69) is 25.1 Å². The fourth-order valence-electron chi connectivity index (χ4n) is 5.48. The smallest absolute Gasteiger partial charge is 0.337 e. The highest BCUT2D eigenvalue weighted by Gasteiger charge is 2.41. The first-order valence-electron chi connectivity index (χ1n) is 13.6. The zero-order valence-electron chi connectivity index (χ0n) is 22.9. The molecule has 1 fully saturated rings. The monoisotopic (exact) mass is 575 g/mol. The zero-order valence-corrected chi connectivity index (χ0v) is 23.8. The molecule has 210 valence electrons. The standard InChI is InChI=1S/C33H29N5O3S/c1-41-32(40)23-14-16-24(17-15-23)37-20-7-13-28(37)31-30(27-11-4-5-19-34-27)36-33(42)38(31)21-18-29(39)35-26-12-6-9-22-8-2-3-10-25(22)26/h2-17,19-20,30-31H,18,21H2,1H3,(H,35,39)(H,36,42). The van der Waals surface area contributed by atoms with Crippen molar-refractivity contribution in [2.45, 2.75) is 18.5 Å². The molecule has 0 radical (unpaired) electrons. The fourth-order valence-corrected chi connectivity index (χ4v) is 5.81. The lowest BCUT2D eigenvalue weighted by Gasteiger charge is -2.29. The van der Waals surface area contributed by atoms with E-state index >= 15 is 0 Å². The Balaban J connectivity index is 1.28. The van der Waals surface area contributed by atoms with Gasteiger partial charge in [0.15, 0.2) is 5.11 Å². The van der Waals surface area contributed by atoms with Gasteiger partial charge in [-0.1, -0.05) is 42.5 Å². The lowest BCUT2D eigenvalue weighted by molar-refractivity contribution is -0.116. The third kappa shape index (κ3) is 5.34. The van der Waals surface area contributed by atoms with Crippen molar-refractivity contribution in [2.24, 2.45) is 0 Å². The number of hydrogen-bond donors (Lipinski definition) is 2. The minimum Gasteiger partial charge on any atom is -0.465 e. The zero-order chi connectivity index (χ0) is 29.1. The number of ether oxygens (including phenoxy) is 1. The van der Waals surface area contributed by atoms with Crippen molar-refractivity contribution in [2.75, 3.05) is 19.0 Å². The number of anilines is 1. The number of nitrogens with zero attached hydrogens (tertiary/aromatic N) is 3. The number of amides is 1. The number of carbonyl (C=O) groups excluding carboxylic acids is 2. The average Bonchev–Trinajstić information content (AvgIpc) is 3.64. The molecule has 3 heterocycles. The highest BCUT2D eigenvalue weighted by atomic mass is 32.1. The quantitative estimate of drug-likeness (QED) is 0.178. The summed E-state index contributed by atoms with van der Waals surface area (Å²) < 4.78 is 6.92. The molecule has 42 heavy (non-hydrogen) atoms. The van der Waals surface area contributed by atoms with Gasteiger partial charge in [-0.3, -0.25) is 9.78 Å². The molecule has 1 aliphatic heterocycles. The van der Waals surface area contributed by atoms with Crippen LogP contribution in [-0.2, 0) is 9.53 Å². The van der Waals surface area contributed by atoms with Crippen LogP contribution < -0.4 is 10.6 Å². The van der Waals surface area contributed by atoms with Crippen LogP contribution in [0, 0.1) is 0 Å². The van der Waals surface area contributed by atoms with Crippen molar-refractivity contribution in [1.29, 1.82) is 0 Å². The summed E-state index contributed by atoms with van der Waals surface area (Å²) >= 11 is 5.83. The predicted molar refractivity (Wildman–Crippen MR) is 166 cm³/mol. The van der Waals surface area contributed by atoms with Gasteiger partial charge in [0.1, 0.15) is 0 Å². The first-order valence-corrected chi connectivity index (χ1v) is 14.1. The molecular weight excluding hydrogens is 546 g/mol. The molecule has 6 rings (SSSR count). The molecule has 2 N–H and O–H groups in total. The number of thiocarbonyl (C=S) groups is 1. The Morgan fingerprint density at radius 2 is 1.74 bits per heavy atom. The van der Waals surface area contributed by atoms with Crippen LogP contribution in [0.15, 0.2) is 109 Å². The number of methoxy groups -OCH3 is 1. The van der Waals surface area contributed by atoms with E-state index < -0.39 is 0 Å². The van der Waals surface area contributed by atoms with Crippen molar-refractivity contribution >= 4 is 45.7 Å². The van der Waals surface area contributed by atoms with Crippen LogP contribution in [0.5, 0.6) is 0 Å². The number of rotatable bonds is 8. The van der Waals surface area contributed by atoms with Gasteiger partial charge in [-0.05, 0) is 72.2 Å². The summed E-state index contributed by atoms with van der Waals surface area (Å²) in [6.07, 6.45) is 3.98. The molecule has 5 aromatic rings. The number of esters is 1. The first-order chi connectivity index (χ1) is 20.5. The minimum absolute atomic E-state index is 0.0945. The van der Waals surface area contributed by atoms with Crippen LogP contribution in [-0.4, -0.2) is 45.1 Å². The van der Waals surface area contributed by atoms with E-state index in [1.54, 1.807) is 18.3 Å². The Hall–Kier alpha value is -5.02. The molecular formula is C33H29N5O3S. The van der Waals surface area contributed by atoms with Gasteiger partial charge in [0.25, 0.3) is 0 Å². The van der Waals surface area contributed by atoms with Crippen LogP contribution in [0.25, 0.3) is 16.5 Å². The summed E-state index contributed by atoms with van der Waals surface area (Å²) in [5, 5.41) is 9.17. The topological polar surface area (TPSA) is 88.5 Å². The second kappa shape index (κ2) is 11.8. The normalized spacial score (nSPS) is 16.3. The van der Waals surface area contributed by atoms with Crippen LogP contribution in [0.4, 0.5) is 5.69 Å². The second-order valence-corrected chi connectivity index (χ2v) is 10.4. The van der Waals surface area contributed by atoms with Gasteiger partial charge in [0.05, 0.1) is 30.5 Å². The van der Waals surface area contributed by atoms with E-state index in [1.165, 1.54) is 7.11 Å². The molecule has 0 bridgehead atoms. The van der Waals surface area contributed by atoms with Crippen molar-refractivity contribution in [1.82, 2.24) is 19.8 Å². The Labute approximate surface area is 248 Å². The Bertz CT molecular complexity index is 1750. The van der Waals surface area contributed by atoms with Crippen LogP contribution in [0.2, 0.25) is 0 Å². The molecule has 0 spiro atoms. The lowest BCUT2D eigenvalue weighted by Crippen LogP contribution is -2.33. The molecule has 0 saturated carbocycles. The van der Waals surface area contributed by atoms with Crippen LogP contribution in [0.1, 0.15) is 40.3 Å². The summed E-state index contributed by atoms with van der Waals surface area (Å²) in [5.41, 5.74) is 3.96. The molecule has 1 saturated heterocycles. The van der Waals surface area contributed by atoms with Gasteiger partial charge < -0.3 is 24.8 Å². The summed E-state index contributed by atoms with van der Waals surface area (Å²) in [7, 11) is 1.37. The molecule has 3 aromatic carbocycles. The largest absolute Gasteiger partial charge is 0.465 e. The number of benzene rings is 3. The number of nitrogens with one attached hydrogen (secondary N) is 2. The fraction of sp³-hybridized carbons (Fsp3) is 0.152. The maximum Gasteiger partial charge on any atom is 0.337 e. The highest BCUT2D eigenvalue weighted by Crippen LogP contribution is 2.39. The molecule has 1 amide bonds. The Morgan fingerprint density at radius 3 is 2.52 bits per heavy atom. The van der Waals surface area contributed by atoms with Crippen molar-refractivity contribution < 1.29 is 14.3 Å². The molecule has 9 heteroatoms. The van der Waals surface area contributed by atoms with Crippen molar-refractivity contribution in [3.05, 3.63) is 126 Å². The SMILES string of the molecule is COC(=O)c1ccc(-n2cccc2C2C(c3ccccn3)NC(=S)N2CCC(=O)Nc2cccc3ccccc23)cc1. The molecule has 0 aliphatic carbocycles. The summed E-state index contributed by atoms with van der Waals surface area (Å²) in [6.45, 7) is 0.406. The maximum absolute atomic E-state index is 13.2. The van der Waals surface area contributed by atoms with Gasteiger partial charge in [0.2, 0.25) is 5.91 Å². The number of hydrogen-bond acceptors (Lipinski definition) is 5. The molecule has 1 aliphatic rings. The number of fused-ring (bicyclic) bond motifs is 1. The van der Waals surface area contributed by atoms with E-state index in [-0.39, 0.29) is 30.4 Å². The van der Waals surface area contributed by atoms with E-state index in [0.717, 1.165) is 33.5 Å². The maximum atomic E-state index is 13.2. The first kappa shape index (κ1) is 27.2. The lowest BCUT2D eigenvalue weighted by atomic mass is 10.0. The minimum atomic E-state index is -0.386. The van der Waals surface area contributed by atoms with Gasteiger partial charge >= 0.3 is 5.97 Å². The molecule has 2 unspecified atom stereocenters. The third-order valence-corrected chi connectivity index (χ3v) is 7.84. The summed E-state index contributed by atoms with van der Waals surface area (Å²) in [6, 6.07) is 30.5. The van der Waals surface area contributed by atoms with Crippen molar-refractivity contribution in [3.63, 3.8) is 0 Å². The third-order valence-electron chi connectivity index (χ3n) is 7.49. The van der Waals surface area contributed by atoms with Crippen molar-refractivity contribution in [3.8, 4) is 5.69 Å². The van der Waals surface area contributed by atoms with Gasteiger partial charge in [0, 0.05) is 47.8 Å². The molecule has 2 atom stereocenters. The van der Waals surface area contributed by atoms with E-state index in [4.69, 9.17) is 17.0 Å². The van der Waals surface area contributed by atoms with Crippen LogP contribution >= 0.6 is 12.2 Å². The highest BCUT2D eigenvalue weighted by molar-refractivity contribution is 7.80. The summed E-state index contributed by atoms with van der Waals surface area (Å²) in [4.78, 5) is 31.9. The van der Waals surface area contributed by atoms with Crippen LogP contribution in [0.3, 0.4) is 0 Å². The number of pyridine rings is 1. The van der Waals surface area contributed by atoms with Gasteiger partial charge in [-0.15, -0.1) is 0 Å². The Kier molecular flexibility index (Phi) is 7.66. The van der Waals surface area contributed by atoms with E-state index in [0.29, 0.717) is 17.2 Å². The predicted octanol–water partition coefficient (Wildman–Crippen LogP) is 5.81. The van der Waals surface area contributed by atoms with Gasteiger partial charge in [-0.2, -0.15) is 0 Å². The van der Waals surface area contributed by atoms with E-state index in [9.17, 15) is 9.59 Å². The molecule has 2 aromatic heterocycles.